The maximum atomic E-state index is 10.9. The zero-order valence-electron chi connectivity index (χ0n) is 18.0. The summed E-state index contributed by atoms with van der Waals surface area (Å²) in [7, 11) is -13.5. The molecule has 0 unspecified atom stereocenters. The Morgan fingerprint density at radius 3 is 1.72 bits per heavy atom. The molecule has 0 aliphatic carbocycles. The molecule has 0 saturated carbocycles. The van der Waals surface area contributed by atoms with Gasteiger partial charge in [-0.15, -0.1) is 5.10 Å². The number of halogens is 6. The van der Waals surface area contributed by atoms with Crippen LogP contribution in [0.4, 0.5) is 25.2 Å². The molecule has 0 fully saturated rings. The van der Waals surface area contributed by atoms with Crippen LogP contribution in [-0.2, 0) is 0 Å². The van der Waals surface area contributed by atoms with Crippen LogP contribution in [0.3, 0.4) is 0 Å². The van der Waals surface area contributed by atoms with Crippen LogP contribution < -0.4 is 16.3 Å². The smallest absolute Gasteiger partial charge is 0.292 e. The van der Waals surface area contributed by atoms with Gasteiger partial charge >= 0.3 is 33.0 Å². The summed E-state index contributed by atoms with van der Waals surface area (Å²) in [5.74, 6) is 0.0664. The third-order valence-corrected chi connectivity index (χ3v) is 8.33. The van der Waals surface area contributed by atoms with Gasteiger partial charge in [0, 0.05) is 30.7 Å². The average molecular weight is 544 g/mol. The molecule has 0 spiro atoms. The number of aromatic hydroxyl groups is 1. The van der Waals surface area contributed by atoms with E-state index >= 15 is 0 Å². The molecule has 15 heteroatoms. The number of benzene rings is 1. The number of rotatable bonds is 4. The van der Waals surface area contributed by atoms with Crippen LogP contribution in [0.25, 0.3) is 11.0 Å². The van der Waals surface area contributed by atoms with Gasteiger partial charge in [-0.05, 0) is 41.6 Å². The SMILES string of the molecule is F[P-](F)(F)(F)(F)F.Oc1cccnc1[P+](c1ccccn1)(c1ccccn1)n1nnc2ccccc21. The predicted octanol–water partition coefficient (Wildman–Crippen LogP) is 5.46. The van der Waals surface area contributed by atoms with Crippen molar-refractivity contribution in [2.75, 3.05) is 0 Å². The van der Waals surface area contributed by atoms with Crippen LogP contribution in [0.1, 0.15) is 0 Å². The topological polar surface area (TPSA) is 89.6 Å². The molecule has 7 nitrogen and oxygen atoms in total. The second-order valence-electron chi connectivity index (χ2n) is 7.28. The molecule has 0 amide bonds. The van der Waals surface area contributed by atoms with Gasteiger partial charge in [0.2, 0.25) is 10.9 Å². The minimum atomic E-state index is -10.7. The van der Waals surface area contributed by atoms with E-state index in [1.807, 2.05) is 65.1 Å². The minimum absolute atomic E-state index is 0.0664. The quantitative estimate of drug-likeness (QED) is 0.239. The largest absolute Gasteiger partial charge is 0.503 e. The van der Waals surface area contributed by atoms with Crippen molar-refractivity contribution in [3.8, 4) is 5.75 Å². The normalized spacial score (nSPS) is 13.8. The van der Waals surface area contributed by atoms with Gasteiger partial charge in [0.25, 0.3) is 12.8 Å². The number of pyridine rings is 3. The molecular weight excluding hydrogens is 528 g/mol. The van der Waals surface area contributed by atoms with Crippen molar-refractivity contribution in [3.05, 3.63) is 91.4 Å². The molecule has 0 radical (unpaired) electrons. The van der Waals surface area contributed by atoms with Crippen LogP contribution in [0.5, 0.6) is 5.75 Å². The van der Waals surface area contributed by atoms with Gasteiger partial charge < -0.3 is 5.11 Å². The van der Waals surface area contributed by atoms with E-state index in [2.05, 4.69) is 25.3 Å². The van der Waals surface area contributed by atoms with Gasteiger partial charge in [0.1, 0.15) is 11.0 Å². The Hall–Kier alpha value is -3.69. The van der Waals surface area contributed by atoms with Gasteiger partial charge in [-0.25, -0.2) is 15.0 Å². The Morgan fingerprint density at radius 2 is 1.19 bits per heavy atom. The first-order valence-corrected chi connectivity index (χ1v) is 13.8. The second-order valence-corrected chi connectivity index (χ2v) is 12.2. The molecule has 4 aromatic heterocycles. The van der Waals surface area contributed by atoms with E-state index in [-0.39, 0.29) is 5.75 Å². The van der Waals surface area contributed by atoms with Crippen LogP contribution in [0, 0.1) is 0 Å². The monoisotopic (exact) mass is 544 g/mol. The fraction of sp³-hybridized carbons (Fsp3) is 0. The van der Waals surface area contributed by atoms with E-state index < -0.39 is 15.2 Å². The summed E-state index contributed by atoms with van der Waals surface area (Å²) in [6.45, 7) is 0. The maximum Gasteiger partial charge on any atom is 0.292 e. The molecule has 0 saturated heterocycles. The fourth-order valence-electron chi connectivity index (χ4n) is 3.42. The molecule has 188 valence electrons. The zero-order valence-corrected chi connectivity index (χ0v) is 19.7. The van der Waals surface area contributed by atoms with E-state index in [1.165, 1.54) is 0 Å². The molecule has 0 atom stereocenters. The second kappa shape index (κ2) is 8.46. The first-order valence-electron chi connectivity index (χ1n) is 10.0. The molecule has 0 aliphatic heterocycles. The van der Waals surface area contributed by atoms with Crippen LogP contribution >= 0.6 is 15.2 Å². The number of nitrogens with zero attached hydrogens (tertiary/aromatic N) is 6. The van der Waals surface area contributed by atoms with Crippen molar-refractivity contribution in [3.63, 3.8) is 0 Å². The molecule has 0 aliphatic rings. The average Bonchev–Trinajstić information content (AvgIpc) is 3.25. The Bertz CT molecular complexity index is 1450. The first kappa shape index (κ1) is 25.4. The fourth-order valence-corrected chi connectivity index (χ4v) is 7.02. The molecule has 4 heterocycles. The number of aromatic nitrogens is 6. The summed E-state index contributed by atoms with van der Waals surface area (Å²) in [5, 5.41) is 19.8. The molecule has 36 heavy (non-hydrogen) atoms. The van der Waals surface area contributed by atoms with Crippen LogP contribution in [0.2, 0.25) is 0 Å². The summed E-state index contributed by atoms with van der Waals surface area (Å²) >= 11 is 0. The zero-order chi connectivity index (χ0) is 26.1. The Kier molecular flexibility index (Phi) is 5.97. The van der Waals surface area contributed by atoms with Gasteiger partial charge in [-0.1, -0.05) is 28.7 Å². The van der Waals surface area contributed by atoms with Crippen LogP contribution in [0.15, 0.2) is 91.4 Å². The van der Waals surface area contributed by atoms with Crippen LogP contribution in [-0.4, -0.2) is 34.8 Å². The van der Waals surface area contributed by atoms with E-state index in [0.29, 0.717) is 5.44 Å². The standard InChI is InChI=1S/C21H15N6OP.F6P/c28-18-10-7-15-24-21(18)29(19-11-3-5-13-22-19,20-12-4-6-14-23-20)27-17-9-2-1-8-16(17)25-26-27;1-7(2,3,4,5)6/h1-15H;/q;-1/p+1. The summed E-state index contributed by atoms with van der Waals surface area (Å²) < 4.78 is 61.0. The van der Waals surface area contributed by atoms with Crippen molar-refractivity contribution in [2.45, 2.75) is 0 Å². The molecule has 1 aromatic carbocycles. The molecule has 0 bridgehead atoms. The minimum Gasteiger partial charge on any atom is -0.503 e. The predicted molar refractivity (Wildman–Crippen MR) is 127 cm³/mol. The van der Waals surface area contributed by atoms with Gasteiger partial charge in [0.05, 0.1) is 0 Å². The van der Waals surface area contributed by atoms with E-state index in [1.54, 1.807) is 30.7 Å². The summed E-state index contributed by atoms with van der Waals surface area (Å²) in [6.07, 6.45) is 5.12. The summed E-state index contributed by atoms with van der Waals surface area (Å²) in [5.41, 5.74) is 3.50. The summed E-state index contributed by atoms with van der Waals surface area (Å²) in [6, 6.07) is 22.4. The Balaban J connectivity index is 0.000000384. The maximum absolute atomic E-state index is 10.9. The van der Waals surface area contributed by atoms with Crippen molar-refractivity contribution in [1.29, 1.82) is 0 Å². The molecule has 1 N–H and O–H groups in total. The Morgan fingerprint density at radius 1 is 0.667 bits per heavy atom. The number of hydrogen-bond donors (Lipinski definition) is 1. The first-order chi connectivity index (χ1) is 16.8. The molecule has 5 aromatic rings. The molecular formula is C21H16F6N6OP2. The van der Waals surface area contributed by atoms with Gasteiger partial charge in [0.15, 0.2) is 5.75 Å². The van der Waals surface area contributed by atoms with Gasteiger partial charge in [-0.2, -0.15) is 0 Å². The number of para-hydroxylation sites is 1. The Labute approximate surface area is 200 Å². The number of fused-ring (bicyclic) bond motifs is 1. The van der Waals surface area contributed by atoms with Crippen molar-refractivity contribution in [2.24, 2.45) is 0 Å². The van der Waals surface area contributed by atoms with Crippen molar-refractivity contribution in [1.82, 2.24) is 29.7 Å². The summed E-state index contributed by atoms with van der Waals surface area (Å²) in [4.78, 5) is 14.0. The molecule has 5 rings (SSSR count). The van der Waals surface area contributed by atoms with Crippen molar-refractivity contribution < 1.29 is 30.3 Å². The third-order valence-electron chi connectivity index (χ3n) is 4.65. The van der Waals surface area contributed by atoms with E-state index in [9.17, 15) is 30.3 Å². The third kappa shape index (κ3) is 5.75. The van der Waals surface area contributed by atoms with E-state index in [4.69, 9.17) is 0 Å². The van der Waals surface area contributed by atoms with Gasteiger partial charge in [-0.3, -0.25) is 0 Å². The number of hydrogen-bond acceptors (Lipinski definition) is 6. The van der Waals surface area contributed by atoms with E-state index in [0.717, 1.165) is 21.9 Å². The van der Waals surface area contributed by atoms with Crippen molar-refractivity contribution >= 4 is 42.6 Å².